The van der Waals surface area contributed by atoms with E-state index in [4.69, 9.17) is 9.47 Å². The maximum atomic E-state index is 13.3. The third kappa shape index (κ3) is 5.31. The van der Waals surface area contributed by atoms with Gasteiger partial charge in [-0.2, -0.15) is 0 Å². The van der Waals surface area contributed by atoms with Gasteiger partial charge >= 0.3 is 0 Å². The molecule has 0 spiro atoms. The van der Waals surface area contributed by atoms with Gasteiger partial charge in [0.25, 0.3) is 11.8 Å². The Morgan fingerprint density at radius 2 is 1.19 bits per heavy atom. The maximum absolute atomic E-state index is 13.3. The molecule has 0 unspecified atom stereocenters. The molecule has 0 saturated carbocycles. The summed E-state index contributed by atoms with van der Waals surface area (Å²) in [6, 6.07) is 31.5. The zero-order valence-electron chi connectivity index (χ0n) is 23.7. The van der Waals surface area contributed by atoms with Crippen LogP contribution in [0.1, 0.15) is 31.8 Å². The van der Waals surface area contributed by atoms with E-state index in [-0.39, 0.29) is 11.8 Å². The largest absolute Gasteiger partial charge is 0.497 e. The summed E-state index contributed by atoms with van der Waals surface area (Å²) in [5.41, 5.74) is 7.65. The van der Waals surface area contributed by atoms with Gasteiger partial charge in [0.15, 0.2) is 0 Å². The smallest absolute Gasteiger partial charge is 0.251 e. The minimum Gasteiger partial charge on any atom is -0.497 e. The molecule has 0 fully saturated rings. The average molecular weight is 557 g/mol. The summed E-state index contributed by atoms with van der Waals surface area (Å²) in [6.45, 7) is 1.04. The molecule has 1 aliphatic rings. The lowest BCUT2D eigenvalue weighted by atomic mass is 9.98. The summed E-state index contributed by atoms with van der Waals surface area (Å²) in [5, 5.41) is 8.08. The van der Waals surface area contributed by atoms with Gasteiger partial charge < -0.3 is 20.1 Å². The number of carbonyl (C=O) groups is 2. The van der Waals surface area contributed by atoms with E-state index in [1.54, 1.807) is 14.2 Å². The molecule has 6 nitrogen and oxygen atoms in total. The fourth-order valence-electron chi connectivity index (χ4n) is 5.69. The molecule has 6 rings (SSSR count). The third-order valence-corrected chi connectivity index (χ3v) is 7.81. The summed E-state index contributed by atoms with van der Waals surface area (Å²) in [6.07, 6.45) is 1.42. The SMILES string of the molecule is COc1cccc(CCNC(=O)c2ccc3c(c2)-c2ccc(C(=O)NCCc4cccc(OC)c4)c4cccc-3c24)c1. The molecule has 0 radical (unpaired) electrons. The van der Waals surface area contributed by atoms with Gasteiger partial charge in [-0.1, -0.05) is 54.6 Å². The Hall–Kier alpha value is -5.10. The number of methoxy groups -OCH3 is 2. The number of rotatable bonds is 10. The highest BCUT2D eigenvalue weighted by Gasteiger charge is 2.25. The fraction of sp³-hybridized carbons (Fsp3) is 0.167. The van der Waals surface area contributed by atoms with Crippen molar-refractivity contribution in [1.29, 1.82) is 0 Å². The van der Waals surface area contributed by atoms with Crippen LogP contribution in [0.15, 0.2) is 97.1 Å². The summed E-state index contributed by atoms with van der Waals surface area (Å²) in [4.78, 5) is 26.3. The standard InChI is InChI=1S/C36H32N2O4/c1-41-26-8-3-6-23(20-26)16-18-37-35(39)25-12-13-28-29-10-5-11-30-32(15-14-31(34(29)30)33(28)22-25)36(40)38-19-17-24-7-4-9-27(21-24)42-2/h3-15,20-22H,16-19H2,1-2H3,(H,37,39)(H,38,40). The van der Waals surface area contributed by atoms with Crippen molar-refractivity contribution in [2.45, 2.75) is 12.8 Å². The van der Waals surface area contributed by atoms with Crippen LogP contribution in [-0.2, 0) is 12.8 Å². The number of nitrogens with one attached hydrogen (secondary N) is 2. The van der Waals surface area contributed by atoms with E-state index in [2.05, 4.69) is 16.7 Å². The zero-order chi connectivity index (χ0) is 29.1. The fourth-order valence-corrected chi connectivity index (χ4v) is 5.69. The Bertz CT molecular complexity index is 1810. The van der Waals surface area contributed by atoms with Gasteiger partial charge in [-0.3, -0.25) is 9.59 Å². The zero-order valence-corrected chi connectivity index (χ0v) is 23.7. The molecule has 0 heterocycles. The van der Waals surface area contributed by atoms with Crippen molar-refractivity contribution in [1.82, 2.24) is 10.6 Å². The van der Waals surface area contributed by atoms with E-state index in [9.17, 15) is 9.59 Å². The Labute approximate surface area is 245 Å². The second-order valence-corrected chi connectivity index (χ2v) is 10.4. The van der Waals surface area contributed by atoms with Crippen molar-refractivity contribution in [3.63, 3.8) is 0 Å². The third-order valence-electron chi connectivity index (χ3n) is 7.81. The molecule has 0 saturated heterocycles. The first-order chi connectivity index (χ1) is 20.6. The van der Waals surface area contributed by atoms with E-state index in [0.29, 0.717) is 37.1 Å². The second kappa shape index (κ2) is 11.8. The molecule has 1 aliphatic carbocycles. The summed E-state index contributed by atoms with van der Waals surface area (Å²) in [5.74, 6) is 1.40. The van der Waals surface area contributed by atoms with Crippen LogP contribution < -0.4 is 20.1 Å². The Balaban J connectivity index is 1.17. The molecular formula is C36H32N2O4. The van der Waals surface area contributed by atoms with E-state index in [1.165, 1.54) is 0 Å². The lowest BCUT2D eigenvalue weighted by Gasteiger charge is -2.11. The Morgan fingerprint density at radius 3 is 1.86 bits per heavy atom. The number of ether oxygens (including phenoxy) is 2. The molecule has 210 valence electrons. The normalized spacial score (nSPS) is 11.2. The first kappa shape index (κ1) is 27.1. The summed E-state index contributed by atoms with van der Waals surface area (Å²) >= 11 is 0. The van der Waals surface area contributed by atoms with Gasteiger partial charge in [0, 0.05) is 24.2 Å². The predicted octanol–water partition coefficient (Wildman–Crippen LogP) is 6.45. The molecule has 5 aromatic carbocycles. The van der Waals surface area contributed by atoms with Crippen LogP contribution in [0.3, 0.4) is 0 Å². The van der Waals surface area contributed by atoms with Gasteiger partial charge in [-0.25, -0.2) is 0 Å². The Kier molecular flexibility index (Phi) is 7.60. The number of fused-ring (bicyclic) bond motifs is 3. The van der Waals surface area contributed by atoms with Crippen molar-refractivity contribution in [3.8, 4) is 33.8 Å². The van der Waals surface area contributed by atoms with Gasteiger partial charge in [0.2, 0.25) is 0 Å². The van der Waals surface area contributed by atoms with Crippen molar-refractivity contribution in [3.05, 3.63) is 119 Å². The highest BCUT2D eigenvalue weighted by molar-refractivity contribution is 6.20. The van der Waals surface area contributed by atoms with Gasteiger partial charge in [0.05, 0.1) is 14.2 Å². The van der Waals surface area contributed by atoms with Crippen LogP contribution in [0, 0.1) is 0 Å². The van der Waals surface area contributed by atoms with Crippen LogP contribution in [0.4, 0.5) is 0 Å². The van der Waals surface area contributed by atoms with E-state index in [1.807, 2.05) is 91.0 Å². The molecule has 2 amide bonds. The molecule has 42 heavy (non-hydrogen) atoms. The molecule has 0 aromatic heterocycles. The van der Waals surface area contributed by atoms with Crippen molar-refractivity contribution < 1.29 is 19.1 Å². The topological polar surface area (TPSA) is 76.7 Å². The van der Waals surface area contributed by atoms with E-state index < -0.39 is 0 Å². The second-order valence-electron chi connectivity index (χ2n) is 10.4. The average Bonchev–Trinajstić information content (AvgIpc) is 3.35. The molecule has 5 aromatic rings. The molecule has 0 aliphatic heterocycles. The van der Waals surface area contributed by atoms with Gasteiger partial charge in [-0.05, 0) is 99.5 Å². The molecule has 0 bridgehead atoms. The number of carbonyl (C=O) groups excluding carboxylic acids is 2. The lowest BCUT2D eigenvalue weighted by molar-refractivity contribution is 0.0946. The number of hydrogen-bond donors (Lipinski definition) is 2. The molecule has 6 heteroatoms. The maximum Gasteiger partial charge on any atom is 0.251 e. The molecule has 0 atom stereocenters. The lowest BCUT2D eigenvalue weighted by Crippen LogP contribution is -2.26. The first-order valence-corrected chi connectivity index (χ1v) is 14.1. The van der Waals surface area contributed by atoms with Crippen molar-refractivity contribution in [2.24, 2.45) is 0 Å². The van der Waals surface area contributed by atoms with Crippen LogP contribution in [0.2, 0.25) is 0 Å². The van der Waals surface area contributed by atoms with Gasteiger partial charge in [-0.15, -0.1) is 0 Å². The number of amides is 2. The van der Waals surface area contributed by atoms with Crippen LogP contribution in [0.25, 0.3) is 33.0 Å². The van der Waals surface area contributed by atoms with Gasteiger partial charge in [0.1, 0.15) is 11.5 Å². The first-order valence-electron chi connectivity index (χ1n) is 14.1. The predicted molar refractivity (Wildman–Crippen MR) is 166 cm³/mol. The quantitative estimate of drug-likeness (QED) is 0.203. The van der Waals surface area contributed by atoms with E-state index in [0.717, 1.165) is 55.7 Å². The Morgan fingerprint density at radius 1 is 0.595 bits per heavy atom. The van der Waals surface area contributed by atoms with Crippen LogP contribution in [0.5, 0.6) is 11.5 Å². The van der Waals surface area contributed by atoms with Crippen LogP contribution in [-0.4, -0.2) is 39.1 Å². The highest BCUT2D eigenvalue weighted by atomic mass is 16.5. The highest BCUT2D eigenvalue weighted by Crippen LogP contribution is 2.48. The van der Waals surface area contributed by atoms with Crippen molar-refractivity contribution >= 4 is 22.6 Å². The number of benzene rings is 5. The minimum atomic E-state index is -0.111. The number of hydrogen-bond acceptors (Lipinski definition) is 4. The molecular weight excluding hydrogens is 524 g/mol. The monoisotopic (exact) mass is 556 g/mol. The van der Waals surface area contributed by atoms with Crippen LogP contribution >= 0.6 is 0 Å². The molecule has 2 N–H and O–H groups in total. The summed E-state index contributed by atoms with van der Waals surface area (Å²) in [7, 11) is 3.30. The van der Waals surface area contributed by atoms with Crippen molar-refractivity contribution in [2.75, 3.05) is 27.3 Å². The van der Waals surface area contributed by atoms with E-state index >= 15 is 0 Å². The summed E-state index contributed by atoms with van der Waals surface area (Å²) < 4.78 is 10.6. The minimum absolute atomic E-state index is 0.103.